The van der Waals surface area contributed by atoms with Crippen LogP contribution in [0.4, 0.5) is 10.5 Å². The number of hydrogen-bond donors (Lipinski definition) is 3. The number of rotatable bonds is 2. The molecule has 1 saturated heterocycles. The molecule has 0 radical (unpaired) electrons. The van der Waals surface area contributed by atoms with Crippen LogP contribution in [-0.2, 0) is 0 Å². The summed E-state index contributed by atoms with van der Waals surface area (Å²) in [6.07, 6.45) is 0.888. The molecule has 108 valence electrons. The van der Waals surface area contributed by atoms with E-state index < -0.39 is 5.97 Å². The lowest BCUT2D eigenvalue weighted by molar-refractivity contribution is 0.0698. The Bertz CT molecular complexity index is 514. The summed E-state index contributed by atoms with van der Waals surface area (Å²) >= 11 is 3.22. The Morgan fingerprint density at radius 1 is 1.30 bits per heavy atom. The van der Waals surface area contributed by atoms with Gasteiger partial charge < -0.3 is 20.6 Å². The van der Waals surface area contributed by atoms with Crippen molar-refractivity contribution in [3.8, 4) is 0 Å². The van der Waals surface area contributed by atoms with E-state index in [4.69, 9.17) is 5.11 Å². The molecule has 0 unspecified atom stereocenters. The molecule has 2 amide bonds. The number of urea groups is 1. The van der Waals surface area contributed by atoms with Gasteiger partial charge in [0.05, 0.1) is 11.3 Å². The quantitative estimate of drug-likeness (QED) is 0.768. The molecule has 1 aromatic carbocycles. The molecule has 2 rings (SSSR count). The molecule has 0 atom stereocenters. The molecule has 1 heterocycles. The third kappa shape index (κ3) is 3.71. The van der Waals surface area contributed by atoms with Gasteiger partial charge in [-0.05, 0) is 31.2 Å². The highest BCUT2D eigenvalue weighted by Crippen LogP contribution is 2.21. The van der Waals surface area contributed by atoms with Crippen LogP contribution in [0.1, 0.15) is 16.8 Å². The zero-order valence-electron chi connectivity index (χ0n) is 10.9. The Kier molecular flexibility index (Phi) is 4.97. The lowest BCUT2D eigenvalue weighted by atomic mass is 10.2. The van der Waals surface area contributed by atoms with Gasteiger partial charge in [0, 0.05) is 24.1 Å². The molecular formula is C13H16BrN3O3. The summed E-state index contributed by atoms with van der Waals surface area (Å²) in [5.74, 6) is -1.07. The molecule has 0 aliphatic carbocycles. The van der Waals surface area contributed by atoms with Gasteiger partial charge in [0.15, 0.2) is 0 Å². The normalized spacial score (nSPS) is 15.6. The van der Waals surface area contributed by atoms with Gasteiger partial charge in [-0.15, -0.1) is 0 Å². The zero-order valence-corrected chi connectivity index (χ0v) is 12.4. The molecule has 1 aromatic rings. The van der Waals surface area contributed by atoms with Crippen molar-refractivity contribution in [3.63, 3.8) is 0 Å². The van der Waals surface area contributed by atoms with Crippen LogP contribution < -0.4 is 10.6 Å². The van der Waals surface area contributed by atoms with Crippen LogP contribution >= 0.6 is 15.9 Å². The van der Waals surface area contributed by atoms with Crippen molar-refractivity contribution in [3.05, 3.63) is 28.2 Å². The summed E-state index contributed by atoms with van der Waals surface area (Å²) in [4.78, 5) is 25.0. The maximum atomic E-state index is 12.2. The summed E-state index contributed by atoms with van der Waals surface area (Å²) in [5.41, 5.74) is 0.378. The van der Waals surface area contributed by atoms with Crippen LogP contribution in [0, 0.1) is 0 Å². The zero-order chi connectivity index (χ0) is 14.5. The first-order valence-corrected chi connectivity index (χ1v) is 7.17. The van der Waals surface area contributed by atoms with Gasteiger partial charge in [0.1, 0.15) is 0 Å². The number of anilines is 1. The van der Waals surface area contributed by atoms with Crippen LogP contribution in [0.3, 0.4) is 0 Å². The van der Waals surface area contributed by atoms with E-state index in [9.17, 15) is 9.59 Å². The number of hydrogen-bond acceptors (Lipinski definition) is 3. The van der Waals surface area contributed by atoms with E-state index in [-0.39, 0.29) is 11.6 Å². The third-order valence-corrected chi connectivity index (χ3v) is 3.57. The van der Waals surface area contributed by atoms with Crippen molar-refractivity contribution in [1.29, 1.82) is 0 Å². The van der Waals surface area contributed by atoms with Gasteiger partial charge in [-0.2, -0.15) is 0 Å². The molecule has 6 nitrogen and oxygen atoms in total. The van der Waals surface area contributed by atoms with E-state index in [1.54, 1.807) is 17.0 Å². The lowest BCUT2D eigenvalue weighted by Crippen LogP contribution is -2.37. The van der Waals surface area contributed by atoms with E-state index in [1.165, 1.54) is 6.07 Å². The van der Waals surface area contributed by atoms with Crippen molar-refractivity contribution < 1.29 is 14.7 Å². The molecule has 1 aliphatic heterocycles. The largest absolute Gasteiger partial charge is 0.478 e. The first-order chi connectivity index (χ1) is 9.58. The fourth-order valence-corrected chi connectivity index (χ4v) is 2.41. The number of amides is 2. The summed E-state index contributed by atoms with van der Waals surface area (Å²) in [7, 11) is 0. The minimum absolute atomic E-state index is 0.0701. The van der Waals surface area contributed by atoms with Crippen LogP contribution in [-0.4, -0.2) is 48.2 Å². The van der Waals surface area contributed by atoms with Crippen molar-refractivity contribution in [2.24, 2.45) is 0 Å². The molecule has 3 N–H and O–H groups in total. The number of halogens is 1. The van der Waals surface area contributed by atoms with Gasteiger partial charge in [0.25, 0.3) is 0 Å². The predicted molar refractivity (Wildman–Crippen MR) is 79.2 cm³/mol. The van der Waals surface area contributed by atoms with Gasteiger partial charge in [0.2, 0.25) is 0 Å². The fraction of sp³-hybridized carbons (Fsp3) is 0.385. The van der Waals surface area contributed by atoms with E-state index in [1.807, 2.05) is 0 Å². The monoisotopic (exact) mass is 341 g/mol. The Labute approximate surface area is 125 Å². The molecule has 20 heavy (non-hydrogen) atoms. The molecule has 1 fully saturated rings. The first kappa shape index (κ1) is 14.8. The van der Waals surface area contributed by atoms with Crippen LogP contribution in [0.2, 0.25) is 0 Å². The molecule has 7 heteroatoms. The van der Waals surface area contributed by atoms with E-state index in [0.717, 1.165) is 19.5 Å². The van der Waals surface area contributed by atoms with Gasteiger partial charge in [-0.3, -0.25) is 0 Å². The molecule has 1 aliphatic rings. The maximum Gasteiger partial charge on any atom is 0.337 e. The average molecular weight is 342 g/mol. The number of nitrogens with one attached hydrogen (secondary N) is 2. The fourth-order valence-electron chi connectivity index (χ4n) is 2.05. The van der Waals surface area contributed by atoms with Crippen LogP contribution in [0.15, 0.2) is 22.7 Å². The molecular weight excluding hydrogens is 326 g/mol. The van der Waals surface area contributed by atoms with Crippen molar-refractivity contribution in [1.82, 2.24) is 10.2 Å². The van der Waals surface area contributed by atoms with Crippen molar-refractivity contribution in [2.45, 2.75) is 6.42 Å². The van der Waals surface area contributed by atoms with Crippen molar-refractivity contribution >= 4 is 33.6 Å². The van der Waals surface area contributed by atoms with Gasteiger partial charge in [-0.25, -0.2) is 9.59 Å². The number of carbonyl (C=O) groups excluding carboxylic acids is 1. The minimum Gasteiger partial charge on any atom is -0.478 e. The van der Waals surface area contributed by atoms with E-state index in [2.05, 4.69) is 26.6 Å². The third-order valence-electron chi connectivity index (χ3n) is 3.08. The summed E-state index contributed by atoms with van der Waals surface area (Å²) < 4.78 is 0.659. The molecule has 0 saturated carbocycles. The predicted octanol–water partition coefficient (Wildman–Crippen LogP) is 1.97. The van der Waals surface area contributed by atoms with Gasteiger partial charge >= 0.3 is 12.0 Å². The summed E-state index contributed by atoms with van der Waals surface area (Å²) in [5, 5.41) is 15.0. The SMILES string of the molecule is O=C(O)c1cc(Br)ccc1NC(=O)N1CCCNCC1. The van der Waals surface area contributed by atoms with Crippen LogP contribution in [0.5, 0.6) is 0 Å². The lowest BCUT2D eigenvalue weighted by Gasteiger charge is -2.21. The smallest absolute Gasteiger partial charge is 0.337 e. The highest BCUT2D eigenvalue weighted by atomic mass is 79.9. The maximum absolute atomic E-state index is 12.2. The second-order valence-electron chi connectivity index (χ2n) is 4.52. The number of carboxylic acid groups (broad SMARTS) is 1. The average Bonchev–Trinajstić information content (AvgIpc) is 2.69. The Balaban J connectivity index is 2.12. The molecule has 0 aromatic heterocycles. The van der Waals surface area contributed by atoms with Crippen LogP contribution in [0.25, 0.3) is 0 Å². The minimum atomic E-state index is -1.07. The van der Waals surface area contributed by atoms with E-state index >= 15 is 0 Å². The van der Waals surface area contributed by atoms with Crippen molar-refractivity contribution in [2.75, 3.05) is 31.5 Å². The number of benzene rings is 1. The highest BCUT2D eigenvalue weighted by molar-refractivity contribution is 9.10. The summed E-state index contributed by atoms with van der Waals surface area (Å²) in [6, 6.07) is 4.49. The Morgan fingerprint density at radius 2 is 2.10 bits per heavy atom. The summed E-state index contributed by atoms with van der Waals surface area (Å²) in [6.45, 7) is 2.92. The number of aromatic carboxylic acids is 1. The molecule has 0 bridgehead atoms. The standard InChI is InChI=1S/C13H16BrN3O3/c14-9-2-3-11(10(8-9)12(18)19)16-13(20)17-6-1-4-15-5-7-17/h2-3,8,15H,1,4-7H2,(H,16,20)(H,18,19). The Morgan fingerprint density at radius 3 is 2.85 bits per heavy atom. The number of nitrogens with zero attached hydrogens (tertiary/aromatic N) is 1. The number of carbonyl (C=O) groups is 2. The Hall–Kier alpha value is -1.60. The second-order valence-corrected chi connectivity index (χ2v) is 5.43. The first-order valence-electron chi connectivity index (χ1n) is 6.37. The van der Waals surface area contributed by atoms with E-state index in [0.29, 0.717) is 23.2 Å². The highest BCUT2D eigenvalue weighted by Gasteiger charge is 2.18. The second kappa shape index (κ2) is 6.71. The topological polar surface area (TPSA) is 81.7 Å². The number of carboxylic acids is 1. The molecule has 0 spiro atoms. The van der Waals surface area contributed by atoms with Gasteiger partial charge in [-0.1, -0.05) is 15.9 Å².